The van der Waals surface area contributed by atoms with Gasteiger partial charge in [-0.3, -0.25) is 14.5 Å². The Bertz CT molecular complexity index is 982. The van der Waals surface area contributed by atoms with Crippen LogP contribution in [0.1, 0.15) is 44.1 Å². The van der Waals surface area contributed by atoms with Crippen molar-refractivity contribution < 1.29 is 22.8 Å². The Hall–Kier alpha value is -2.42. The number of nitrogens with zero attached hydrogens (tertiary/aromatic N) is 2. The highest BCUT2D eigenvalue weighted by molar-refractivity contribution is 7.90. The summed E-state index contributed by atoms with van der Waals surface area (Å²) in [5.41, 5.74) is 0.585. The molecule has 4 amide bonds. The lowest BCUT2D eigenvalue weighted by Gasteiger charge is -2.32. The Morgan fingerprint density at radius 3 is 2.55 bits per heavy atom. The van der Waals surface area contributed by atoms with Crippen LogP contribution in [0.15, 0.2) is 23.1 Å². The Labute approximate surface area is 170 Å². The van der Waals surface area contributed by atoms with E-state index in [-0.39, 0.29) is 23.3 Å². The third-order valence-corrected chi connectivity index (χ3v) is 7.26. The molecule has 0 aromatic heterocycles. The number of amides is 4. The van der Waals surface area contributed by atoms with Gasteiger partial charge < -0.3 is 10.2 Å². The lowest BCUT2D eigenvalue weighted by Crippen LogP contribution is -2.49. The smallest absolute Gasteiger partial charge is 0.323 e. The van der Waals surface area contributed by atoms with Crippen LogP contribution in [0.25, 0.3) is 0 Å². The highest BCUT2D eigenvalue weighted by atomic mass is 32.2. The average Bonchev–Trinajstić information content (AvgIpc) is 2.90. The second kappa shape index (κ2) is 7.12. The van der Waals surface area contributed by atoms with E-state index in [4.69, 9.17) is 0 Å². The van der Waals surface area contributed by atoms with Crippen LogP contribution in [0.3, 0.4) is 0 Å². The molecule has 1 spiro atoms. The molecule has 1 N–H and O–H groups in total. The Kier molecular flexibility index (Phi) is 4.88. The van der Waals surface area contributed by atoms with Gasteiger partial charge in [0.15, 0.2) is 9.84 Å². The minimum Gasteiger partial charge on any atom is -0.323 e. The Morgan fingerprint density at radius 2 is 1.86 bits per heavy atom. The number of aryl methyl sites for hydroxylation is 1. The van der Waals surface area contributed by atoms with Gasteiger partial charge in [-0.25, -0.2) is 13.2 Å². The fraction of sp³-hybridized carbons (Fsp3) is 0.550. The van der Waals surface area contributed by atoms with Gasteiger partial charge >= 0.3 is 6.03 Å². The van der Waals surface area contributed by atoms with Crippen molar-refractivity contribution in [2.24, 2.45) is 0 Å². The molecule has 4 rings (SSSR count). The lowest BCUT2D eigenvalue weighted by molar-refractivity contribution is -0.135. The van der Waals surface area contributed by atoms with Crippen LogP contribution in [0, 0.1) is 0 Å². The van der Waals surface area contributed by atoms with Crippen molar-refractivity contribution in [2.75, 3.05) is 24.2 Å². The molecule has 0 radical (unpaired) electrons. The predicted molar refractivity (Wildman–Crippen MR) is 106 cm³/mol. The number of hydrogen-bond donors (Lipinski definition) is 1. The molecule has 1 aromatic carbocycles. The van der Waals surface area contributed by atoms with E-state index >= 15 is 0 Å². The zero-order valence-corrected chi connectivity index (χ0v) is 17.3. The normalized spacial score (nSPS) is 21.3. The number of hydrogen-bond acceptors (Lipinski definition) is 5. The second-order valence-electron chi connectivity index (χ2n) is 8.18. The maximum atomic E-state index is 13.0. The molecule has 1 aliphatic carbocycles. The lowest BCUT2D eigenvalue weighted by atomic mass is 9.82. The minimum atomic E-state index is -3.33. The third-order valence-electron chi connectivity index (χ3n) is 6.15. The third kappa shape index (κ3) is 3.52. The summed E-state index contributed by atoms with van der Waals surface area (Å²) in [7, 11) is -3.33. The molecule has 3 aliphatic rings. The van der Waals surface area contributed by atoms with Crippen LogP contribution < -0.4 is 10.2 Å². The van der Waals surface area contributed by atoms with Crippen LogP contribution >= 0.6 is 0 Å². The molecule has 8 nitrogen and oxygen atoms in total. The molecule has 2 aliphatic heterocycles. The molecule has 1 saturated carbocycles. The highest BCUT2D eigenvalue weighted by Crippen LogP contribution is 2.34. The molecule has 0 atom stereocenters. The molecule has 29 heavy (non-hydrogen) atoms. The highest BCUT2D eigenvalue weighted by Gasteiger charge is 2.51. The first kappa shape index (κ1) is 19.9. The van der Waals surface area contributed by atoms with Crippen molar-refractivity contribution in [2.45, 2.75) is 55.4 Å². The van der Waals surface area contributed by atoms with Crippen LogP contribution in [-0.2, 0) is 25.8 Å². The van der Waals surface area contributed by atoms with Gasteiger partial charge in [0, 0.05) is 18.5 Å². The van der Waals surface area contributed by atoms with Crippen molar-refractivity contribution >= 4 is 33.4 Å². The summed E-state index contributed by atoms with van der Waals surface area (Å²) in [5, 5.41) is 2.82. The fourth-order valence-corrected chi connectivity index (χ4v) is 5.27. The number of imide groups is 1. The van der Waals surface area contributed by atoms with Gasteiger partial charge in [0.25, 0.3) is 5.91 Å². The summed E-state index contributed by atoms with van der Waals surface area (Å²) >= 11 is 0. The molecule has 0 bridgehead atoms. The van der Waals surface area contributed by atoms with E-state index in [0.29, 0.717) is 37.9 Å². The summed E-state index contributed by atoms with van der Waals surface area (Å²) in [6, 6.07) is 4.23. The molecule has 156 valence electrons. The van der Waals surface area contributed by atoms with E-state index in [1.54, 1.807) is 17.0 Å². The Morgan fingerprint density at radius 1 is 1.14 bits per heavy atom. The summed E-state index contributed by atoms with van der Waals surface area (Å²) in [5.74, 6) is -0.644. The monoisotopic (exact) mass is 419 g/mol. The first-order chi connectivity index (χ1) is 13.7. The maximum absolute atomic E-state index is 13.0. The van der Waals surface area contributed by atoms with Crippen molar-refractivity contribution in [3.8, 4) is 0 Å². The van der Waals surface area contributed by atoms with Crippen molar-refractivity contribution in [1.82, 2.24) is 10.2 Å². The van der Waals surface area contributed by atoms with E-state index in [1.165, 1.54) is 6.07 Å². The first-order valence-corrected chi connectivity index (χ1v) is 11.9. The van der Waals surface area contributed by atoms with Gasteiger partial charge in [0.1, 0.15) is 12.1 Å². The van der Waals surface area contributed by atoms with Crippen LogP contribution in [0.4, 0.5) is 10.5 Å². The van der Waals surface area contributed by atoms with Crippen molar-refractivity contribution in [1.29, 1.82) is 0 Å². The number of urea groups is 1. The molecule has 0 unspecified atom stereocenters. The standard InChI is InChI=1S/C20H25N3O5S/c1-29(27,28)15-7-8-16-14(12-15)6-5-11-22(16)17(24)13-23-18(25)20(21-19(23)26)9-3-2-4-10-20/h7-8,12H,2-6,9-11,13H2,1H3,(H,21,26). The number of nitrogens with one attached hydrogen (secondary N) is 1. The number of benzene rings is 1. The predicted octanol–water partition coefficient (Wildman–Crippen LogP) is 1.62. The topological polar surface area (TPSA) is 104 Å². The van der Waals surface area contributed by atoms with Gasteiger partial charge in [0.2, 0.25) is 5.91 Å². The molecular formula is C20H25N3O5S. The van der Waals surface area contributed by atoms with Gasteiger partial charge in [0.05, 0.1) is 4.90 Å². The van der Waals surface area contributed by atoms with Gasteiger partial charge in [-0.2, -0.15) is 0 Å². The number of rotatable bonds is 3. The van der Waals surface area contributed by atoms with E-state index in [1.807, 2.05) is 0 Å². The maximum Gasteiger partial charge on any atom is 0.325 e. The summed E-state index contributed by atoms with van der Waals surface area (Å²) < 4.78 is 23.6. The second-order valence-corrected chi connectivity index (χ2v) is 10.2. The summed E-state index contributed by atoms with van der Waals surface area (Å²) in [4.78, 5) is 41.2. The van der Waals surface area contributed by atoms with E-state index < -0.39 is 21.4 Å². The van der Waals surface area contributed by atoms with E-state index in [0.717, 1.165) is 36.0 Å². The zero-order chi connectivity index (χ0) is 20.8. The average molecular weight is 420 g/mol. The van der Waals surface area contributed by atoms with Crippen LogP contribution in [0.5, 0.6) is 0 Å². The van der Waals surface area contributed by atoms with Crippen molar-refractivity contribution in [3.63, 3.8) is 0 Å². The molecule has 1 saturated heterocycles. The largest absolute Gasteiger partial charge is 0.325 e. The Balaban J connectivity index is 1.54. The zero-order valence-electron chi connectivity index (χ0n) is 16.4. The number of sulfone groups is 1. The molecule has 9 heteroatoms. The first-order valence-electron chi connectivity index (χ1n) is 9.99. The fourth-order valence-electron chi connectivity index (χ4n) is 4.60. The summed E-state index contributed by atoms with van der Waals surface area (Å²) in [6.07, 6.45) is 6.56. The number of anilines is 1. The van der Waals surface area contributed by atoms with Crippen molar-refractivity contribution in [3.05, 3.63) is 23.8 Å². The molecule has 2 fully saturated rings. The molecular weight excluding hydrogens is 394 g/mol. The minimum absolute atomic E-state index is 0.221. The van der Waals surface area contributed by atoms with Crippen LogP contribution in [0.2, 0.25) is 0 Å². The van der Waals surface area contributed by atoms with Crippen LogP contribution in [-0.4, -0.2) is 56.0 Å². The van der Waals surface area contributed by atoms with Gasteiger partial charge in [-0.1, -0.05) is 19.3 Å². The molecule has 2 heterocycles. The number of carbonyl (C=O) groups is 3. The van der Waals surface area contributed by atoms with E-state index in [9.17, 15) is 22.8 Å². The SMILES string of the molecule is CS(=O)(=O)c1ccc2c(c1)CCCN2C(=O)CN1C(=O)NC2(CCCCC2)C1=O. The number of carbonyl (C=O) groups excluding carboxylic acids is 3. The quantitative estimate of drug-likeness (QED) is 0.750. The van der Waals surface area contributed by atoms with Gasteiger partial charge in [-0.15, -0.1) is 0 Å². The molecule has 1 aromatic rings. The number of fused-ring (bicyclic) bond motifs is 1. The summed E-state index contributed by atoms with van der Waals surface area (Å²) in [6.45, 7) is 0.165. The van der Waals surface area contributed by atoms with E-state index in [2.05, 4.69) is 5.32 Å². The van der Waals surface area contributed by atoms with Gasteiger partial charge in [-0.05, 0) is 49.4 Å².